The number of amides is 1. The van der Waals surface area contributed by atoms with E-state index in [4.69, 9.17) is 5.26 Å². The number of piperidine rings is 1. The van der Waals surface area contributed by atoms with Crippen LogP contribution < -0.4 is 15.8 Å². The zero-order valence-electron chi connectivity index (χ0n) is 16.3. The van der Waals surface area contributed by atoms with Crippen molar-refractivity contribution < 1.29 is 4.79 Å². The highest BCUT2D eigenvalue weighted by atomic mass is 32.2. The Hall–Kier alpha value is -2.83. The van der Waals surface area contributed by atoms with Crippen molar-refractivity contribution in [2.45, 2.75) is 24.6 Å². The molecule has 154 valence electrons. The van der Waals surface area contributed by atoms with Crippen LogP contribution in [0.3, 0.4) is 0 Å². The normalized spacial score (nSPS) is 14.6. The first-order chi connectivity index (χ1) is 14.6. The number of benzene rings is 1. The van der Waals surface area contributed by atoms with E-state index in [9.17, 15) is 9.59 Å². The Morgan fingerprint density at radius 2 is 2.07 bits per heavy atom. The number of carbonyl (C=O) groups excluding carboxylic acids is 1. The molecule has 0 spiro atoms. The molecule has 1 aliphatic rings. The van der Waals surface area contributed by atoms with Crippen LogP contribution in [-0.4, -0.2) is 40.2 Å². The van der Waals surface area contributed by atoms with Gasteiger partial charge in [-0.25, -0.2) is 4.98 Å². The number of aromatic nitrogens is 2. The molecule has 2 aromatic heterocycles. The van der Waals surface area contributed by atoms with Crippen molar-refractivity contribution in [3.63, 3.8) is 0 Å². The van der Waals surface area contributed by atoms with E-state index in [0.717, 1.165) is 31.6 Å². The third-order valence-corrected chi connectivity index (χ3v) is 6.78. The average Bonchev–Trinajstić information content (AvgIpc) is 3.24. The fourth-order valence-electron chi connectivity index (χ4n) is 3.51. The lowest BCUT2D eigenvalue weighted by Crippen LogP contribution is -2.45. The maximum absolute atomic E-state index is 12.3. The predicted molar refractivity (Wildman–Crippen MR) is 120 cm³/mol. The van der Waals surface area contributed by atoms with E-state index in [1.165, 1.54) is 33.6 Å². The van der Waals surface area contributed by atoms with E-state index < -0.39 is 0 Å². The van der Waals surface area contributed by atoms with E-state index in [1.807, 2.05) is 29.6 Å². The summed E-state index contributed by atoms with van der Waals surface area (Å²) in [5.74, 6) is 0.904. The number of carbonyl (C=O) groups is 1. The molecule has 9 heteroatoms. The molecule has 0 atom stereocenters. The van der Waals surface area contributed by atoms with Gasteiger partial charge in [0.1, 0.15) is 0 Å². The van der Waals surface area contributed by atoms with Crippen molar-refractivity contribution in [3.05, 3.63) is 63.5 Å². The molecule has 3 heterocycles. The van der Waals surface area contributed by atoms with Crippen LogP contribution in [0.15, 0.2) is 46.7 Å². The molecule has 7 nitrogen and oxygen atoms in total. The second-order valence-electron chi connectivity index (χ2n) is 7.12. The number of nitrogens with one attached hydrogen (secondary N) is 1. The number of anilines is 1. The van der Waals surface area contributed by atoms with Crippen LogP contribution in [0.2, 0.25) is 0 Å². The number of fused-ring (bicyclic) bond motifs is 1. The van der Waals surface area contributed by atoms with E-state index in [0.29, 0.717) is 27.7 Å². The minimum atomic E-state index is -0.0877. The van der Waals surface area contributed by atoms with E-state index >= 15 is 0 Å². The smallest absolute Gasteiger partial charge is 0.258 e. The zero-order valence-corrected chi connectivity index (χ0v) is 17.9. The lowest BCUT2D eigenvalue weighted by molar-refractivity contribution is -0.119. The number of thioether (sulfide) groups is 1. The maximum atomic E-state index is 12.3. The van der Waals surface area contributed by atoms with Crippen molar-refractivity contribution in [2.75, 3.05) is 23.7 Å². The molecule has 4 rings (SSSR count). The van der Waals surface area contributed by atoms with E-state index in [2.05, 4.69) is 21.3 Å². The summed E-state index contributed by atoms with van der Waals surface area (Å²) < 4.78 is 1.52. The molecule has 1 fully saturated rings. The number of nitriles is 1. The van der Waals surface area contributed by atoms with Crippen LogP contribution in [0.5, 0.6) is 0 Å². The van der Waals surface area contributed by atoms with Gasteiger partial charge in [-0.3, -0.25) is 14.0 Å². The number of hydrogen-bond acceptors (Lipinski definition) is 7. The highest BCUT2D eigenvalue weighted by molar-refractivity contribution is 7.99. The van der Waals surface area contributed by atoms with Crippen molar-refractivity contribution in [2.24, 2.45) is 0 Å². The molecule has 1 aromatic carbocycles. The van der Waals surface area contributed by atoms with Gasteiger partial charge in [0.2, 0.25) is 5.91 Å². The first kappa shape index (κ1) is 20.4. The van der Waals surface area contributed by atoms with Gasteiger partial charge >= 0.3 is 0 Å². The molecular formula is C21H21N5O2S2. The summed E-state index contributed by atoms with van der Waals surface area (Å²) in [6.07, 6.45) is 3.50. The standard InChI is InChI=1S/C21H21N5O2S2/c22-12-15-1-3-18(4-2-15)25-7-5-16(6-8-25)23-19(27)14-29-13-17-11-20(28)26-9-10-30-21(26)24-17/h1-4,9-11,16H,5-8,13-14H2,(H,23,27). The maximum Gasteiger partial charge on any atom is 0.258 e. The fourth-order valence-corrected chi connectivity index (χ4v) is 4.97. The molecular weight excluding hydrogens is 418 g/mol. The van der Waals surface area contributed by atoms with Crippen molar-refractivity contribution in [1.82, 2.24) is 14.7 Å². The van der Waals surface area contributed by atoms with Crippen LogP contribution in [-0.2, 0) is 10.5 Å². The Bertz CT molecular complexity index is 1120. The summed E-state index contributed by atoms with van der Waals surface area (Å²) in [7, 11) is 0. The van der Waals surface area contributed by atoms with Crippen LogP contribution in [0.25, 0.3) is 4.96 Å². The Labute approximate surface area is 182 Å². The van der Waals surface area contributed by atoms with Crippen LogP contribution in [0.4, 0.5) is 5.69 Å². The lowest BCUT2D eigenvalue weighted by Gasteiger charge is -2.34. The predicted octanol–water partition coefficient (Wildman–Crippen LogP) is 2.65. The summed E-state index contributed by atoms with van der Waals surface area (Å²) in [6.45, 7) is 1.75. The minimum absolute atomic E-state index is 0.0192. The van der Waals surface area contributed by atoms with Crippen molar-refractivity contribution in [3.8, 4) is 6.07 Å². The molecule has 3 aromatic rings. The monoisotopic (exact) mass is 439 g/mol. The molecule has 1 saturated heterocycles. The highest BCUT2D eigenvalue weighted by Crippen LogP contribution is 2.21. The summed E-state index contributed by atoms with van der Waals surface area (Å²) >= 11 is 2.89. The topological polar surface area (TPSA) is 90.5 Å². The molecule has 0 unspecified atom stereocenters. The first-order valence-corrected chi connectivity index (χ1v) is 11.7. The Kier molecular flexibility index (Phi) is 6.35. The summed E-state index contributed by atoms with van der Waals surface area (Å²) in [5, 5.41) is 13.9. The summed E-state index contributed by atoms with van der Waals surface area (Å²) in [6, 6.07) is 11.5. The van der Waals surface area contributed by atoms with Gasteiger partial charge in [-0.05, 0) is 37.1 Å². The Balaban J connectivity index is 1.21. The molecule has 0 radical (unpaired) electrons. The average molecular weight is 440 g/mol. The molecule has 0 bridgehead atoms. The first-order valence-electron chi connectivity index (χ1n) is 9.70. The number of hydrogen-bond donors (Lipinski definition) is 1. The molecule has 1 N–H and O–H groups in total. The summed E-state index contributed by atoms with van der Waals surface area (Å²) in [5.41, 5.74) is 2.39. The van der Waals surface area contributed by atoms with Gasteiger partial charge in [0.25, 0.3) is 5.56 Å². The molecule has 1 aliphatic heterocycles. The second kappa shape index (κ2) is 9.32. The number of nitrogens with zero attached hydrogens (tertiary/aromatic N) is 4. The highest BCUT2D eigenvalue weighted by Gasteiger charge is 2.21. The Morgan fingerprint density at radius 3 is 2.80 bits per heavy atom. The quantitative estimate of drug-likeness (QED) is 0.635. The fraction of sp³-hybridized carbons (Fsp3) is 0.333. The second-order valence-corrected chi connectivity index (χ2v) is 8.98. The van der Waals surface area contributed by atoms with Gasteiger partial charge in [0.05, 0.1) is 23.1 Å². The van der Waals surface area contributed by atoms with Gasteiger partial charge in [-0.15, -0.1) is 23.1 Å². The van der Waals surface area contributed by atoms with Gasteiger partial charge < -0.3 is 10.2 Å². The third-order valence-electron chi connectivity index (χ3n) is 5.06. The third kappa shape index (κ3) is 4.83. The van der Waals surface area contributed by atoms with Gasteiger partial charge in [0.15, 0.2) is 4.96 Å². The molecule has 0 saturated carbocycles. The van der Waals surface area contributed by atoms with Crippen LogP contribution in [0.1, 0.15) is 24.1 Å². The molecule has 0 aliphatic carbocycles. The van der Waals surface area contributed by atoms with E-state index in [1.54, 1.807) is 6.20 Å². The molecule has 30 heavy (non-hydrogen) atoms. The molecule has 1 amide bonds. The van der Waals surface area contributed by atoms with Crippen LogP contribution >= 0.6 is 23.1 Å². The zero-order chi connectivity index (χ0) is 20.9. The number of thiazole rings is 1. The largest absolute Gasteiger partial charge is 0.371 e. The van der Waals surface area contributed by atoms with Gasteiger partial charge in [0, 0.05) is 48.2 Å². The van der Waals surface area contributed by atoms with Crippen molar-refractivity contribution in [1.29, 1.82) is 5.26 Å². The van der Waals surface area contributed by atoms with Crippen LogP contribution in [0, 0.1) is 11.3 Å². The van der Waals surface area contributed by atoms with E-state index in [-0.39, 0.29) is 17.5 Å². The minimum Gasteiger partial charge on any atom is -0.371 e. The number of rotatable bonds is 6. The van der Waals surface area contributed by atoms with Crippen molar-refractivity contribution >= 4 is 39.7 Å². The van der Waals surface area contributed by atoms with Gasteiger partial charge in [-0.2, -0.15) is 5.26 Å². The SMILES string of the molecule is N#Cc1ccc(N2CCC(NC(=O)CSCc3cc(=O)n4ccsc4n3)CC2)cc1. The summed E-state index contributed by atoms with van der Waals surface area (Å²) in [4.78, 5) is 31.7. The Morgan fingerprint density at radius 1 is 1.30 bits per heavy atom. The van der Waals surface area contributed by atoms with Gasteiger partial charge in [-0.1, -0.05) is 0 Å². The lowest BCUT2D eigenvalue weighted by atomic mass is 10.0.